The van der Waals surface area contributed by atoms with Crippen molar-refractivity contribution in [3.8, 4) is 0 Å². The lowest BCUT2D eigenvalue weighted by molar-refractivity contribution is 0.684. The lowest BCUT2D eigenvalue weighted by atomic mass is 10.3. The topological polar surface area (TPSA) is 30.7 Å². The molecule has 0 aliphatic heterocycles. The van der Waals surface area contributed by atoms with Gasteiger partial charge in [0, 0.05) is 23.1 Å². The average Bonchev–Trinajstić information content (AvgIpc) is 2.51. The van der Waals surface area contributed by atoms with E-state index in [1.54, 1.807) is 6.20 Å². The summed E-state index contributed by atoms with van der Waals surface area (Å²) >= 11 is 5.63. The highest BCUT2D eigenvalue weighted by molar-refractivity contribution is 14.1. The van der Waals surface area contributed by atoms with E-state index < -0.39 is 0 Å². The molecule has 0 aliphatic rings. The van der Waals surface area contributed by atoms with Crippen molar-refractivity contribution >= 4 is 38.5 Å². The second kappa shape index (κ2) is 4.39. The summed E-state index contributed by atoms with van der Waals surface area (Å²) in [5.74, 6) is 0. The van der Waals surface area contributed by atoms with Crippen LogP contribution in [0.2, 0.25) is 0 Å². The van der Waals surface area contributed by atoms with Crippen LogP contribution >= 0.6 is 38.5 Å². The molecular formula is C9H7BrIN3. The van der Waals surface area contributed by atoms with Crippen LogP contribution < -0.4 is 0 Å². The summed E-state index contributed by atoms with van der Waals surface area (Å²) in [6.45, 7) is 0.759. The molecule has 0 radical (unpaired) electrons. The van der Waals surface area contributed by atoms with Gasteiger partial charge in [-0.05, 0) is 50.2 Å². The first-order chi connectivity index (χ1) is 6.74. The molecule has 14 heavy (non-hydrogen) atoms. The zero-order valence-electron chi connectivity index (χ0n) is 7.19. The maximum Gasteiger partial charge on any atom is 0.0675 e. The number of pyridine rings is 1. The molecule has 0 bridgehead atoms. The largest absolute Gasteiger partial charge is 0.267 e. The standard InChI is InChI=1S/C9H7BrIN3/c10-8-1-7(2-12-3-8)5-14-6-9(11)4-13-14/h1-4,6H,5H2. The van der Waals surface area contributed by atoms with Crippen molar-refractivity contribution in [1.29, 1.82) is 0 Å². The Morgan fingerprint density at radius 1 is 1.36 bits per heavy atom. The molecule has 0 saturated heterocycles. The number of rotatable bonds is 2. The maximum absolute atomic E-state index is 4.21. The van der Waals surface area contributed by atoms with E-state index in [1.807, 2.05) is 29.3 Å². The third-order valence-electron chi connectivity index (χ3n) is 1.71. The van der Waals surface area contributed by atoms with Gasteiger partial charge in [0.05, 0.1) is 16.3 Å². The Bertz CT molecular complexity index is 441. The van der Waals surface area contributed by atoms with E-state index >= 15 is 0 Å². The first-order valence-corrected chi connectivity index (χ1v) is 5.88. The highest BCUT2D eigenvalue weighted by atomic mass is 127. The summed E-state index contributed by atoms with van der Waals surface area (Å²) in [6.07, 6.45) is 7.46. The fourth-order valence-corrected chi connectivity index (χ4v) is 2.01. The van der Waals surface area contributed by atoms with Crippen LogP contribution in [0.5, 0.6) is 0 Å². The summed E-state index contributed by atoms with van der Waals surface area (Å²) < 4.78 is 4.04. The van der Waals surface area contributed by atoms with Crippen LogP contribution in [-0.2, 0) is 6.54 Å². The van der Waals surface area contributed by atoms with Crippen molar-refractivity contribution in [3.05, 3.63) is 44.5 Å². The molecule has 0 spiro atoms. The summed E-state index contributed by atoms with van der Waals surface area (Å²) in [5.41, 5.74) is 1.14. The van der Waals surface area contributed by atoms with Gasteiger partial charge >= 0.3 is 0 Å². The minimum Gasteiger partial charge on any atom is -0.267 e. The summed E-state index contributed by atoms with van der Waals surface area (Å²) in [5, 5.41) is 4.21. The molecule has 0 saturated carbocycles. The Morgan fingerprint density at radius 3 is 2.86 bits per heavy atom. The minimum absolute atomic E-state index is 0.759. The van der Waals surface area contributed by atoms with E-state index in [4.69, 9.17) is 0 Å². The lowest BCUT2D eigenvalue weighted by Gasteiger charge is -2.01. The van der Waals surface area contributed by atoms with E-state index in [0.29, 0.717) is 0 Å². The van der Waals surface area contributed by atoms with Crippen LogP contribution in [0.4, 0.5) is 0 Å². The fourth-order valence-electron chi connectivity index (χ4n) is 1.15. The van der Waals surface area contributed by atoms with E-state index in [-0.39, 0.29) is 0 Å². The number of aromatic nitrogens is 3. The Labute approximate surface area is 104 Å². The third kappa shape index (κ3) is 2.54. The first kappa shape index (κ1) is 10.1. The van der Waals surface area contributed by atoms with Crippen LogP contribution in [0.25, 0.3) is 0 Å². The predicted octanol–water partition coefficient (Wildman–Crippen LogP) is 2.69. The Balaban J connectivity index is 2.18. The second-order valence-electron chi connectivity index (χ2n) is 2.87. The Hall–Kier alpha value is -0.430. The fraction of sp³-hybridized carbons (Fsp3) is 0.111. The van der Waals surface area contributed by atoms with Gasteiger partial charge in [0.2, 0.25) is 0 Å². The summed E-state index contributed by atoms with van der Waals surface area (Å²) in [4.78, 5) is 4.10. The maximum atomic E-state index is 4.21. The first-order valence-electron chi connectivity index (χ1n) is 4.01. The molecule has 0 amide bonds. The van der Waals surface area contributed by atoms with Crippen LogP contribution in [0.3, 0.4) is 0 Å². The minimum atomic E-state index is 0.759. The summed E-state index contributed by atoms with van der Waals surface area (Å²) in [6, 6.07) is 2.04. The molecule has 3 nitrogen and oxygen atoms in total. The second-order valence-corrected chi connectivity index (χ2v) is 5.03. The quantitative estimate of drug-likeness (QED) is 0.768. The molecule has 72 valence electrons. The SMILES string of the molecule is Brc1cncc(Cn2cc(I)cn2)c1. The molecule has 0 atom stereocenters. The van der Waals surface area contributed by atoms with Crippen molar-refractivity contribution in [2.45, 2.75) is 6.54 Å². The molecule has 0 aliphatic carbocycles. The number of nitrogens with zero attached hydrogens (tertiary/aromatic N) is 3. The van der Waals surface area contributed by atoms with E-state index in [0.717, 1.165) is 20.2 Å². The van der Waals surface area contributed by atoms with E-state index in [2.05, 4.69) is 48.6 Å². The average molecular weight is 364 g/mol. The molecule has 0 fully saturated rings. The third-order valence-corrected chi connectivity index (χ3v) is 2.70. The number of hydrogen-bond donors (Lipinski definition) is 0. The highest BCUT2D eigenvalue weighted by Crippen LogP contribution is 2.11. The Morgan fingerprint density at radius 2 is 2.21 bits per heavy atom. The van der Waals surface area contributed by atoms with Crippen LogP contribution in [0.15, 0.2) is 35.3 Å². The van der Waals surface area contributed by atoms with Crippen molar-refractivity contribution in [2.75, 3.05) is 0 Å². The summed E-state index contributed by atoms with van der Waals surface area (Å²) in [7, 11) is 0. The van der Waals surface area contributed by atoms with Crippen LogP contribution in [0, 0.1) is 3.57 Å². The van der Waals surface area contributed by atoms with Gasteiger partial charge in [-0.2, -0.15) is 5.10 Å². The smallest absolute Gasteiger partial charge is 0.0675 e. The number of hydrogen-bond acceptors (Lipinski definition) is 2. The van der Waals surface area contributed by atoms with Gasteiger partial charge in [0.25, 0.3) is 0 Å². The zero-order chi connectivity index (χ0) is 9.97. The molecule has 2 rings (SSSR count). The van der Waals surface area contributed by atoms with Gasteiger partial charge in [0.1, 0.15) is 0 Å². The van der Waals surface area contributed by atoms with Gasteiger partial charge in [-0.3, -0.25) is 9.67 Å². The van der Waals surface area contributed by atoms with Crippen molar-refractivity contribution in [2.24, 2.45) is 0 Å². The molecule has 2 aromatic rings. The van der Waals surface area contributed by atoms with Crippen molar-refractivity contribution in [1.82, 2.24) is 14.8 Å². The van der Waals surface area contributed by atoms with Crippen molar-refractivity contribution < 1.29 is 0 Å². The van der Waals surface area contributed by atoms with Gasteiger partial charge in [-0.15, -0.1) is 0 Å². The molecular weight excluding hydrogens is 357 g/mol. The molecule has 2 heterocycles. The van der Waals surface area contributed by atoms with E-state index in [9.17, 15) is 0 Å². The van der Waals surface area contributed by atoms with Gasteiger partial charge in [0.15, 0.2) is 0 Å². The van der Waals surface area contributed by atoms with Crippen LogP contribution in [-0.4, -0.2) is 14.8 Å². The van der Waals surface area contributed by atoms with Gasteiger partial charge in [-0.1, -0.05) is 0 Å². The Kier molecular flexibility index (Phi) is 3.17. The molecule has 2 aromatic heterocycles. The molecule has 5 heteroatoms. The molecule has 0 N–H and O–H groups in total. The lowest BCUT2D eigenvalue weighted by Crippen LogP contribution is -2.00. The monoisotopic (exact) mass is 363 g/mol. The predicted molar refractivity (Wildman–Crippen MR) is 66.0 cm³/mol. The van der Waals surface area contributed by atoms with E-state index in [1.165, 1.54) is 0 Å². The van der Waals surface area contributed by atoms with Gasteiger partial charge < -0.3 is 0 Å². The van der Waals surface area contributed by atoms with Crippen LogP contribution in [0.1, 0.15) is 5.56 Å². The molecule has 0 unspecified atom stereocenters. The molecule has 0 aromatic carbocycles. The number of halogens is 2. The normalized spacial score (nSPS) is 10.4. The zero-order valence-corrected chi connectivity index (χ0v) is 10.9. The highest BCUT2D eigenvalue weighted by Gasteiger charge is 1.98. The van der Waals surface area contributed by atoms with Gasteiger partial charge in [-0.25, -0.2) is 0 Å². The van der Waals surface area contributed by atoms with Crippen molar-refractivity contribution in [3.63, 3.8) is 0 Å².